The molecule has 0 atom stereocenters. The highest BCUT2D eigenvalue weighted by atomic mass is 16.2. The number of rotatable bonds is 6. The van der Waals surface area contributed by atoms with E-state index in [9.17, 15) is 14.4 Å². The molecule has 3 amide bonds. The summed E-state index contributed by atoms with van der Waals surface area (Å²) in [7, 11) is 0. The van der Waals surface area contributed by atoms with Crippen LogP contribution in [-0.4, -0.2) is 41.8 Å². The van der Waals surface area contributed by atoms with Crippen molar-refractivity contribution in [3.05, 3.63) is 65.7 Å². The Balaban J connectivity index is 1.45. The lowest BCUT2D eigenvalue weighted by atomic mass is 10.0. The van der Waals surface area contributed by atoms with Gasteiger partial charge in [0.05, 0.1) is 0 Å². The summed E-state index contributed by atoms with van der Waals surface area (Å²) in [4.78, 5) is 38.0. The molecule has 6 heteroatoms. The van der Waals surface area contributed by atoms with Gasteiger partial charge in [-0.2, -0.15) is 0 Å². The number of hydrogen-bond donors (Lipinski definition) is 2. The number of carbonyl (C=O) groups is 3. The molecule has 0 unspecified atom stereocenters. The Morgan fingerprint density at radius 3 is 2.41 bits per heavy atom. The maximum atomic E-state index is 12.8. The van der Waals surface area contributed by atoms with Crippen molar-refractivity contribution >= 4 is 23.4 Å². The van der Waals surface area contributed by atoms with Crippen LogP contribution in [0.5, 0.6) is 0 Å². The minimum atomic E-state index is -0.168. The van der Waals surface area contributed by atoms with E-state index in [1.807, 2.05) is 30.3 Å². The minimum Gasteiger partial charge on any atom is -0.353 e. The number of nitrogens with zero attached hydrogens (tertiary/aromatic N) is 1. The predicted molar refractivity (Wildman–Crippen MR) is 113 cm³/mol. The molecule has 0 bridgehead atoms. The third-order valence-electron chi connectivity index (χ3n) is 5.06. The van der Waals surface area contributed by atoms with Gasteiger partial charge < -0.3 is 15.5 Å². The standard InChI is InChI=1S/C23H27N3O3/c1-17(27)24-21-9-5-8-19(16-21)23(29)26-14-12-20(13-15-26)25-22(28)11-10-18-6-3-2-4-7-18/h2-9,16,20H,10-15H2,1H3,(H,24,27)(H,25,28). The van der Waals surface area contributed by atoms with Gasteiger partial charge >= 0.3 is 0 Å². The van der Waals surface area contributed by atoms with E-state index in [4.69, 9.17) is 0 Å². The number of likely N-dealkylation sites (tertiary alicyclic amines) is 1. The predicted octanol–water partition coefficient (Wildman–Crippen LogP) is 3.00. The highest BCUT2D eigenvalue weighted by molar-refractivity contribution is 5.96. The molecular formula is C23H27N3O3. The quantitative estimate of drug-likeness (QED) is 0.792. The fourth-order valence-electron chi connectivity index (χ4n) is 3.55. The fraction of sp³-hybridized carbons (Fsp3) is 0.348. The topological polar surface area (TPSA) is 78.5 Å². The Morgan fingerprint density at radius 2 is 1.72 bits per heavy atom. The molecule has 0 spiro atoms. The first-order valence-electron chi connectivity index (χ1n) is 10.0. The zero-order valence-electron chi connectivity index (χ0n) is 16.7. The Hall–Kier alpha value is -3.15. The first kappa shape index (κ1) is 20.6. The molecular weight excluding hydrogens is 366 g/mol. The maximum absolute atomic E-state index is 12.8. The number of amides is 3. The highest BCUT2D eigenvalue weighted by Gasteiger charge is 2.24. The Bertz CT molecular complexity index is 859. The monoisotopic (exact) mass is 393 g/mol. The van der Waals surface area contributed by atoms with Crippen molar-refractivity contribution in [3.63, 3.8) is 0 Å². The van der Waals surface area contributed by atoms with Crippen molar-refractivity contribution in [1.82, 2.24) is 10.2 Å². The Kier molecular flexibility index (Phi) is 7.00. The van der Waals surface area contributed by atoms with E-state index in [1.54, 1.807) is 29.2 Å². The van der Waals surface area contributed by atoms with Gasteiger partial charge in [0.25, 0.3) is 5.91 Å². The lowest BCUT2D eigenvalue weighted by molar-refractivity contribution is -0.122. The van der Waals surface area contributed by atoms with Crippen LogP contribution in [0.1, 0.15) is 42.1 Å². The molecule has 1 aliphatic rings. The minimum absolute atomic E-state index is 0.0499. The molecule has 0 radical (unpaired) electrons. The summed E-state index contributed by atoms with van der Waals surface area (Å²) in [6, 6.07) is 17.1. The zero-order valence-corrected chi connectivity index (χ0v) is 16.7. The van der Waals surface area contributed by atoms with Crippen LogP contribution < -0.4 is 10.6 Å². The van der Waals surface area contributed by atoms with Crippen LogP contribution >= 0.6 is 0 Å². The average Bonchev–Trinajstić information content (AvgIpc) is 2.73. The first-order chi connectivity index (χ1) is 14.0. The highest BCUT2D eigenvalue weighted by Crippen LogP contribution is 2.17. The molecule has 2 N–H and O–H groups in total. The lowest BCUT2D eigenvalue weighted by Crippen LogP contribution is -2.46. The zero-order chi connectivity index (χ0) is 20.6. The lowest BCUT2D eigenvalue weighted by Gasteiger charge is -2.32. The van der Waals surface area contributed by atoms with Crippen LogP contribution in [0.4, 0.5) is 5.69 Å². The summed E-state index contributed by atoms with van der Waals surface area (Å²) < 4.78 is 0. The molecule has 1 aliphatic heterocycles. The van der Waals surface area contributed by atoms with Crippen LogP contribution in [-0.2, 0) is 16.0 Å². The molecule has 1 saturated heterocycles. The molecule has 2 aromatic rings. The van der Waals surface area contributed by atoms with E-state index in [-0.39, 0.29) is 23.8 Å². The van der Waals surface area contributed by atoms with Crippen molar-refractivity contribution in [3.8, 4) is 0 Å². The molecule has 0 saturated carbocycles. The summed E-state index contributed by atoms with van der Waals surface area (Å²) in [5.41, 5.74) is 2.33. The number of carbonyl (C=O) groups excluding carboxylic acids is 3. The maximum Gasteiger partial charge on any atom is 0.253 e. The third-order valence-corrected chi connectivity index (χ3v) is 5.06. The SMILES string of the molecule is CC(=O)Nc1cccc(C(=O)N2CCC(NC(=O)CCc3ccccc3)CC2)c1. The molecule has 1 fully saturated rings. The summed E-state index contributed by atoms with van der Waals surface area (Å²) in [5, 5.41) is 5.79. The molecule has 152 valence electrons. The molecule has 1 heterocycles. The molecule has 6 nitrogen and oxygen atoms in total. The van der Waals surface area contributed by atoms with Gasteiger partial charge in [0.2, 0.25) is 11.8 Å². The van der Waals surface area contributed by atoms with Crippen molar-refractivity contribution in [1.29, 1.82) is 0 Å². The second-order valence-corrected chi connectivity index (χ2v) is 7.38. The fourth-order valence-corrected chi connectivity index (χ4v) is 3.55. The Morgan fingerprint density at radius 1 is 1.00 bits per heavy atom. The smallest absolute Gasteiger partial charge is 0.253 e. The van der Waals surface area contributed by atoms with Crippen LogP contribution in [0.15, 0.2) is 54.6 Å². The van der Waals surface area contributed by atoms with E-state index in [2.05, 4.69) is 10.6 Å². The van der Waals surface area contributed by atoms with Gasteiger partial charge in [-0.1, -0.05) is 36.4 Å². The average molecular weight is 393 g/mol. The second kappa shape index (κ2) is 9.87. The van der Waals surface area contributed by atoms with E-state index >= 15 is 0 Å². The number of piperidine rings is 1. The number of anilines is 1. The van der Waals surface area contributed by atoms with Crippen LogP contribution in [0, 0.1) is 0 Å². The van der Waals surface area contributed by atoms with Crippen LogP contribution in [0.25, 0.3) is 0 Å². The van der Waals surface area contributed by atoms with E-state index in [0.29, 0.717) is 30.8 Å². The van der Waals surface area contributed by atoms with Gasteiger partial charge in [-0.25, -0.2) is 0 Å². The number of benzene rings is 2. The first-order valence-corrected chi connectivity index (χ1v) is 10.0. The largest absolute Gasteiger partial charge is 0.353 e. The molecule has 0 aliphatic carbocycles. The number of nitrogens with one attached hydrogen (secondary N) is 2. The van der Waals surface area contributed by atoms with Gasteiger partial charge in [-0.15, -0.1) is 0 Å². The summed E-state index contributed by atoms with van der Waals surface area (Å²) in [6.45, 7) is 2.65. The molecule has 29 heavy (non-hydrogen) atoms. The Labute approximate surface area is 171 Å². The van der Waals surface area contributed by atoms with E-state index in [0.717, 1.165) is 24.8 Å². The summed E-state index contributed by atoms with van der Waals surface area (Å²) in [6.07, 6.45) is 2.69. The summed E-state index contributed by atoms with van der Waals surface area (Å²) >= 11 is 0. The normalized spacial score (nSPS) is 14.3. The summed E-state index contributed by atoms with van der Waals surface area (Å²) in [5.74, 6) is -0.161. The van der Waals surface area contributed by atoms with Gasteiger partial charge in [0.15, 0.2) is 0 Å². The van der Waals surface area contributed by atoms with Crippen LogP contribution in [0.3, 0.4) is 0 Å². The van der Waals surface area contributed by atoms with Gasteiger partial charge in [0.1, 0.15) is 0 Å². The molecule has 2 aromatic carbocycles. The number of hydrogen-bond acceptors (Lipinski definition) is 3. The van der Waals surface area contributed by atoms with Crippen LogP contribution in [0.2, 0.25) is 0 Å². The van der Waals surface area contributed by atoms with Crippen molar-refractivity contribution < 1.29 is 14.4 Å². The van der Waals surface area contributed by atoms with E-state index in [1.165, 1.54) is 6.92 Å². The molecule has 3 rings (SSSR count). The van der Waals surface area contributed by atoms with Gasteiger partial charge in [0, 0.05) is 43.7 Å². The third kappa shape index (κ3) is 6.17. The van der Waals surface area contributed by atoms with Crippen molar-refractivity contribution in [2.75, 3.05) is 18.4 Å². The van der Waals surface area contributed by atoms with Gasteiger partial charge in [-0.05, 0) is 43.0 Å². The van der Waals surface area contributed by atoms with Crippen molar-refractivity contribution in [2.24, 2.45) is 0 Å². The number of aryl methyl sites for hydroxylation is 1. The molecule has 0 aromatic heterocycles. The van der Waals surface area contributed by atoms with E-state index < -0.39 is 0 Å². The van der Waals surface area contributed by atoms with Crippen molar-refractivity contribution in [2.45, 2.75) is 38.6 Å². The second-order valence-electron chi connectivity index (χ2n) is 7.38. The van der Waals surface area contributed by atoms with Gasteiger partial charge in [-0.3, -0.25) is 14.4 Å².